The van der Waals surface area contributed by atoms with Crippen molar-refractivity contribution >= 4 is 11.8 Å². The Kier molecular flexibility index (Phi) is 8.14. The monoisotopic (exact) mass is 471 g/mol. The van der Waals surface area contributed by atoms with Gasteiger partial charge in [-0.05, 0) is 49.1 Å². The Balaban J connectivity index is 1.52. The van der Waals surface area contributed by atoms with Crippen LogP contribution in [0.15, 0.2) is 77.9 Å². The van der Waals surface area contributed by atoms with Crippen LogP contribution in [-0.4, -0.2) is 41.4 Å². The van der Waals surface area contributed by atoms with Gasteiger partial charge < -0.3 is 14.8 Å². The quantitative estimate of drug-likeness (QED) is 0.560. The average molecular weight is 472 g/mol. The van der Waals surface area contributed by atoms with Crippen LogP contribution in [0.25, 0.3) is 0 Å². The highest BCUT2D eigenvalue weighted by molar-refractivity contribution is 5.99. The molecular formula is C29H33N3O3. The molecule has 35 heavy (non-hydrogen) atoms. The molecule has 6 heteroatoms. The summed E-state index contributed by atoms with van der Waals surface area (Å²) in [5.74, 6) is -0.353. The van der Waals surface area contributed by atoms with Crippen LogP contribution in [0.5, 0.6) is 0 Å². The maximum atomic E-state index is 13.5. The molecule has 2 heterocycles. The van der Waals surface area contributed by atoms with Gasteiger partial charge in [0, 0.05) is 39.1 Å². The summed E-state index contributed by atoms with van der Waals surface area (Å²) in [6.07, 6.45) is 7.64. The predicted molar refractivity (Wildman–Crippen MR) is 138 cm³/mol. The fourth-order valence-electron chi connectivity index (χ4n) is 4.85. The summed E-state index contributed by atoms with van der Waals surface area (Å²) in [4.78, 5) is 40.9. The second-order valence-corrected chi connectivity index (χ2v) is 9.15. The summed E-state index contributed by atoms with van der Waals surface area (Å²) in [6, 6.07) is 20.6. The Morgan fingerprint density at radius 1 is 0.914 bits per heavy atom. The maximum absolute atomic E-state index is 13.5. The van der Waals surface area contributed by atoms with E-state index in [1.807, 2.05) is 41.0 Å². The van der Waals surface area contributed by atoms with E-state index in [0.717, 1.165) is 32.1 Å². The zero-order chi connectivity index (χ0) is 24.6. The Hall–Kier alpha value is -3.67. The molecule has 0 aliphatic carbocycles. The van der Waals surface area contributed by atoms with Crippen molar-refractivity contribution < 1.29 is 9.59 Å². The molecule has 3 aromatic rings. The van der Waals surface area contributed by atoms with Crippen LogP contribution in [-0.2, 0) is 13.0 Å². The van der Waals surface area contributed by atoms with E-state index in [2.05, 4.69) is 29.6 Å². The molecule has 1 N–H and O–H groups in total. The van der Waals surface area contributed by atoms with Gasteiger partial charge in [0.15, 0.2) is 0 Å². The fourth-order valence-corrected chi connectivity index (χ4v) is 4.85. The zero-order valence-electron chi connectivity index (χ0n) is 20.3. The highest BCUT2D eigenvalue weighted by atomic mass is 16.2. The third-order valence-electron chi connectivity index (χ3n) is 6.79. The van der Waals surface area contributed by atoms with Gasteiger partial charge in [0.1, 0.15) is 11.1 Å². The summed E-state index contributed by atoms with van der Waals surface area (Å²) in [5.41, 5.74) is 2.11. The number of carbonyl (C=O) groups is 2. The number of benzene rings is 2. The van der Waals surface area contributed by atoms with E-state index in [-0.39, 0.29) is 17.0 Å². The van der Waals surface area contributed by atoms with Crippen molar-refractivity contribution in [3.05, 3.63) is 106 Å². The van der Waals surface area contributed by atoms with Gasteiger partial charge in [0.05, 0.1) is 0 Å². The lowest BCUT2D eigenvalue weighted by atomic mass is 9.92. The van der Waals surface area contributed by atoms with E-state index in [4.69, 9.17) is 0 Å². The molecule has 2 amide bonds. The van der Waals surface area contributed by atoms with E-state index >= 15 is 0 Å². The summed E-state index contributed by atoms with van der Waals surface area (Å²) >= 11 is 0. The van der Waals surface area contributed by atoms with Crippen molar-refractivity contribution in [2.75, 3.05) is 20.1 Å². The van der Waals surface area contributed by atoms with Crippen LogP contribution >= 0.6 is 0 Å². The van der Waals surface area contributed by atoms with Gasteiger partial charge in [-0.2, -0.15) is 0 Å². The van der Waals surface area contributed by atoms with E-state index in [1.165, 1.54) is 18.2 Å². The number of rotatable bonds is 7. The predicted octanol–water partition coefficient (Wildman–Crippen LogP) is 4.25. The standard InChI is InChI=1S/C29H33N3O3/c1-30-28(34)25-20-31(17-8-12-22-10-4-2-5-11-22)21-26(27(25)33)29(35)32-18-9-15-24(16-19-32)23-13-6-3-7-14-23/h2-7,10-11,13-14,20-21,24H,8-9,12,15-19H2,1H3,(H,30,34)/t24-/m1/s1. The van der Waals surface area contributed by atoms with Crippen molar-refractivity contribution in [2.24, 2.45) is 0 Å². The molecule has 1 saturated heterocycles. The van der Waals surface area contributed by atoms with Crippen LogP contribution in [0.4, 0.5) is 0 Å². The summed E-state index contributed by atoms with van der Waals surface area (Å²) in [6.45, 7) is 1.81. The van der Waals surface area contributed by atoms with Gasteiger partial charge >= 0.3 is 0 Å². The van der Waals surface area contributed by atoms with Crippen LogP contribution < -0.4 is 10.7 Å². The number of pyridine rings is 1. The molecule has 182 valence electrons. The number of nitrogens with zero attached hydrogens (tertiary/aromatic N) is 2. The topological polar surface area (TPSA) is 71.4 Å². The Labute approximate surface area is 206 Å². The maximum Gasteiger partial charge on any atom is 0.259 e. The molecule has 4 rings (SSSR count). The van der Waals surface area contributed by atoms with Crippen LogP contribution in [0.1, 0.15) is 63.4 Å². The first-order chi connectivity index (χ1) is 17.1. The lowest BCUT2D eigenvalue weighted by Gasteiger charge is -2.21. The minimum Gasteiger partial charge on any atom is -0.355 e. The van der Waals surface area contributed by atoms with E-state index in [9.17, 15) is 14.4 Å². The molecule has 1 atom stereocenters. The number of amides is 2. The molecule has 0 spiro atoms. The van der Waals surface area contributed by atoms with Crippen LogP contribution in [0, 0.1) is 0 Å². The normalized spacial score (nSPS) is 15.9. The smallest absolute Gasteiger partial charge is 0.259 e. The lowest BCUT2D eigenvalue weighted by molar-refractivity contribution is 0.0758. The number of nitrogens with one attached hydrogen (secondary N) is 1. The third-order valence-corrected chi connectivity index (χ3v) is 6.79. The lowest BCUT2D eigenvalue weighted by Crippen LogP contribution is -2.38. The number of aromatic nitrogens is 1. The Morgan fingerprint density at radius 2 is 1.60 bits per heavy atom. The highest BCUT2D eigenvalue weighted by Gasteiger charge is 2.26. The molecule has 1 aromatic heterocycles. The Bertz CT molecular complexity index is 1200. The average Bonchev–Trinajstić information content (AvgIpc) is 3.16. The molecule has 0 unspecified atom stereocenters. The molecule has 0 bridgehead atoms. The fraction of sp³-hybridized carbons (Fsp3) is 0.345. The van der Waals surface area contributed by atoms with Crippen molar-refractivity contribution in [1.29, 1.82) is 0 Å². The summed E-state index contributed by atoms with van der Waals surface area (Å²) in [5, 5.41) is 2.53. The van der Waals surface area contributed by atoms with Crippen molar-refractivity contribution in [2.45, 2.75) is 44.6 Å². The highest BCUT2D eigenvalue weighted by Crippen LogP contribution is 2.28. The molecule has 1 aliphatic heterocycles. The zero-order valence-corrected chi connectivity index (χ0v) is 20.3. The molecule has 0 radical (unpaired) electrons. The van der Waals surface area contributed by atoms with Crippen molar-refractivity contribution in [3.63, 3.8) is 0 Å². The minimum atomic E-state index is -0.502. The van der Waals surface area contributed by atoms with Gasteiger partial charge in [0.25, 0.3) is 11.8 Å². The third kappa shape index (κ3) is 6.07. The van der Waals surface area contributed by atoms with Crippen molar-refractivity contribution in [3.8, 4) is 0 Å². The first-order valence-electron chi connectivity index (χ1n) is 12.4. The van der Waals surface area contributed by atoms with Gasteiger partial charge in [-0.1, -0.05) is 60.7 Å². The molecule has 0 saturated carbocycles. The van der Waals surface area contributed by atoms with Crippen LogP contribution in [0.2, 0.25) is 0 Å². The molecule has 2 aromatic carbocycles. The first-order valence-corrected chi connectivity index (χ1v) is 12.4. The van der Waals surface area contributed by atoms with Gasteiger partial charge in [-0.3, -0.25) is 14.4 Å². The van der Waals surface area contributed by atoms with Gasteiger partial charge in [-0.25, -0.2) is 0 Å². The van der Waals surface area contributed by atoms with Gasteiger partial charge in [0.2, 0.25) is 5.43 Å². The number of carbonyl (C=O) groups excluding carboxylic acids is 2. The van der Waals surface area contributed by atoms with Crippen LogP contribution in [0.3, 0.4) is 0 Å². The number of aryl methyl sites for hydroxylation is 2. The number of hydrogen-bond donors (Lipinski definition) is 1. The first kappa shape index (κ1) is 24.5. The SMILES string of the molecule is CNC(=O)c1cn(CCCc2ccccc2)cc(C(=O)N2CCC[C@@H](c3ccccc3)CC2)c1=O. The summed E-state index contributed by atoms with van der Waals surface area (Å²) in [7, 11) is 1.49. The number of hydrogen-bond acceptors (Lipinski definition) is 3. The second kappa shape index (κ2) is 11.6. The van der Waals surface area contributed by atoms with E-state index in [0.29, 0.717) is 25.6 Å². The van der Waals surface area contributed by atoms with Gasteiger partial charge in [-0.15, -0.1) is 0 Å². The second-order valence-electron chi connectivity index (χ2n) is 9.15. The minimum absolute atomic E-state index is 0.00930. The summed E-state index contributed by atoms with van der Waals surface area (Å²) < 4.78 is 1.81. The number of likely N-dealkylation sites (tertiary alicyclic amines) is 1. The largest absolute Gasteiger partial charge is 0.355 e. The Morgan fingerprint density at radius 3 is 2.31 bits per heavy atom. The van der Waals surface area contributed by atoms with E-state index in [1.54, 1.807) is 17.3 Å². The molecule has 1 fully saturated rings. The molecular weight excluding hydrogens is 438 g/mol. The van der Waals surface area contributed by atoms with Crippen molar-refractivity contribution in [1.82, 2.24) is 14.8 Å². The molecule has 6 nitrogen and oxygen atoms in total. The van der Waals surface area contributed by atoms with E-state index < -0.39 is 11.3 Å². The molecule has 1 aliphatic rings.